The molecule has 0 unspecified atom stereocenters. The van der Waals surface area contributed by atoms with Gasteiger partial charge < -0.3 is 19.8 Å². The van der Waals surface area contributed by atoms with Gasteiger partial charge in [0.2, 0.25) is 0 Å². The van der Waals surface area contributed by atoms with Crippen molar-refractivity contribution >= 4 is 0 Å². The summed E-state index contributed by atoms with van der Waals surface area (Å²) in [7, 11) is 0. The quantitative estimate of drug-likeness (QED) is 0.469. The van der Waals surface area contributed by atoms with Gasteiger partial charge in [-0.05, 0) is 35.4 Å². The molecule has 1 atom stereocenters. The van der Waals surface area contributed by atoms with Crippen molar-refractivity contribution in [2.75, 3.05) is 45.9 Å². The van der Waals surface area contributed by atoms with E-state index in [-0.39, 0.29) is 17.6 Å². The average Bonchev–Trinajstić information content (AvgIpc) is 2.92. The largest absolute Gasteiger partial charge is 0.502 e. The third-order valence-electron chi connectivity index (χ3n) is 7.13. The van der Waals surface area contributed by atoms with Gasteiger partial charge in [0.25, 0.3) is 5.88 Å². The molecule has 194 valence electrons. The maximum Gasteiger partial charge on any atom is 0.257 e. The highest BCUT2D eigenvalue weighted by Gasteiger charge is 2.29. The number of rotatable bonds is 7. The molecule has 8 heteroatoms. The first-order valence-corrected chi connectivity index (χ1v) is 12.9. The van der Waals surface area contributed by atoms with Gasteiger partial charge in [0.15, 0.2) is 5.75 Å². The Bertz CT molecular complexity index is 1330. The number of aromatic nitrogens is 2. The van der Waals surface area contributed by atoms with Crippen LogP contribution in [0.3, 0.4) is 0 Å². The van der Waals surface area contributed by atoms with Crippen molar-refractivity contribution in [1.29, 1.82) is 5.26 Å². The molecule has 0 radical (unpaired) electrons. The first kappa shape index (κ1) is 25.7. The predicted molar refractivity (Wildman–Crippen MR) is 142 cm³/mol. The topological polar surface area (TPSA) is 106 Å². The molecule has 0 amide bonds. The van der Waals surface area contributed by atoms with Crippen LogP contribution >= 0.6 is 0 Å². The second-order valence-electron chi connectivity index (χ2n) is 9.90. The molecule has 0 spiro atoms. The molecule has 38 heavy (non-hydrogen) atoms. The van der Waals surface area contributed by atoms with Crippen LogP contribution in [0.15, 0.2) is 54.9 Å². The van der Waals surface area contributed by atoms with Gasteiger partial charge in [-0.1, -0.05) is 36.1 Å². The Kier molecular flexibility index (Phi) is 8.15. The lowest BCUT2D eigenvalue weighted by Crippen LogP contribution is -2.47. The maximum absolute atomic E-state index is 10.2. The molecule has 1 aromatic heterocycles. The molecule has 3 aromatic rings. The predicted octanol–water partition coefficient (Wildman–Crippen LogP) is 2.90. The summed E-state index contributed by atoms with van der Waals surface area (Å²) in [4.78, 5) is 12.5. The molecular formula is C30H31N5O3. The number of aromatic hydroxyl groups is 2. The van der Waals surface area contributed by atoms with Crippen LogP contribution in [-0.4, -0.2) is 75.9 Å². The smallest absolute Gasteiger partial charge is 0.257 e. The van der Waals surface area contributed by atoms with Crippen LogP contribution in [0.1, 0.15) is 33.9 Å². The van der Waals surface area contributed by atoms with Crippen molar-refractivity contribution in [3.05, 3.63) is 82.8 Å². The minimum atomic E-state index is -0.415. The summed E-state index contributed by atoms with van der Waals surface area (Å²) in [5.41, 5.74) is 4.66. The van der Waals surface area contributed by atoms with Crippen molar-refractivity contribution in [1.82, 2.24) is 19.8 Å². The third kappa shape index (κ3) is 6.48. The van der Waals surface area contributed by atoms with Crippen molar-refractivity contribution < 1.29 is 14.9 Å². The van der Waals surface area contributed by atoms with Gasteiger partial charge in [-0.3, -0.25) is 4.90 Å². The number of morpholine rings is 1. The lowest BCUT2D eigenvalue weighted by molar-refractivity contribution is 0.0342. The van der Waals surface area contributed by atoms with Crippen LogP contribution in [0.4, 0.5) is 0 Å². The van der Waals surface area contributed by atoms with Gasteiger partial charge in [-0.15, -0.1) is 0 Å². The second kappa shape index (κ2) is 12.1. The first-order chi connectivity index (χ1) is 18.6. The molecule has 0 bridgehead atoms. The number of benzene rings is 2. The molecule has 2 aliphatic heterocycles. The highest BCUT2D eigenvalue weighted by molar-refractivity contribution is 5.45. The SMILES string of the molecule is N#CC1CN(C[C@@H](Cc2ncnc(O)c2O)c2ccc(C#Cc3ccc(CN4CCOCC4)cc3)cc2)C1. The Morgan fingerprint density at radius 2 is 1.58 bits per heavy atom. The van der Waals surface area contributed by atoms with Crippen molar-refractivity contribution in [2.45, 2.75) is 18.9 Å². The van der Waals surface area contributed by atoms with Crippen LogP contribution in [0.2, 0.25) is 0 Å². The Labute approximate surface area is 223 Å². The Balaban J connectivity index is 1.25. The van der Waals surface area contributed by atoms with Gasteiger partial charge >= 0.3 is 0 Å². The number of hydrogen-bond acceptors (Lipinski definition) is 8. The van der Waals surface area contributed by atoms with Crippen LogP contribution in [0.5, 0.6) is 11.6 Å². The van der Waals surface area contributed by atoms with Crippen molar-refractivity contribution in [2.24, 2.45) is 5.92 Å². The van der Waals surface area contributed by atoms with E-state index >= 15 is 0 Å². The highest BCUT2D eigenvalue weighted by Crippen LogP contribution is 2.31. The molecule has 0 saturated carbocycles. The summed E-state index contributed by atoms with van der Waals surface area (Å²) >= 11 is 0. The molecule has 2 N–H and O–H groups in total. The number of likely N-dealkylation sites (tertiary alicyclic amines) is 1. The number of hydrogen-bond donors (Lipinski definition) is 2. The zero-order chi connectivity index (χ0) is 26.3. The summed E-state index contributed by atoms with van der Waals surface area (Å²) in [5.74, 6) is 5.90. The van der Waals surface area contributed by atoms with E-state index in [0.29, 0.717) is 12.1 Å². The van der Waals surface area contributed by atoms with Gasteiger partial charge in [-0.2, -0.15) is 10.2 Å². The standard InChI is InChI=1S/C30H31N5O3/c31-16-25-18-35(19-25)20-27(15-28-29(36)30(37)33-21-32-28)26-9-7-23(8-10-26)2-1-22-3-5-24(6-4-22)17-34-11-13-38-14-12-34/h3-10,21,25,27,36H,11-15,17-20H2,(H,32,33,37)/t27-/m1/s1. The number of ether oxygens (including phenoxy) is 1. The summed E-state index contributed by atoms with van der Waals surface area (Å²) in [6, 6.07) is 18.8. The van der Waals surface area contributed by atoms with E-state index in [0.717, 1.165) is 69.2 Å². The molecule has 2 aliphatic rings. The van der Waals surface area contributed by atoms with Gasteiger partial charge in [0.1, 0.15) is 6.33 Å². The zero-order valence-electron chi connectivity index (χ0n) is 21.3. The third-order valence-corrected chi connectivity index (χ3v) is 7.13. The van der Waals surface area contributed by atoms with E-state index in [1.807, 2.05) is 12.1 Å². The van der Waals surface area contributed by atoms with Crippen molar-refractivity contribution in [3.63, 3.8) is 0 Å². The van der Waals surface area contributed by atoms with E-state index < -0.39 is 5.88 Å². The lowest BCUT2D eigenvalue weighted by Gasteiger charge is -2.37. The minimum Gasteiger partial charge on any atom is -0.502 e. The molecule has 2 aromatic carbocycles. The molecule has 2 saturated heterocycles. The van der Waals surface area contributed by atoms with E-state index in [2.05, 4.69) is 74.1 Å². The summed E-state index contributed by atoms with van der Waals surface area (Å²) < 4.78 is 5.42. The summed E-state index contributed by atoms with van der Waals surface area (Å²) in [6.45, 7) is 6.68. The average molecular weight is 510 g/mol. The number of nitriles is 1. The zero-order valence-corrected chi connectivity index (χ0v) is 21.3. The Morgan fingerprint density at radius 1 is 0.921 bits per heavy atom. The Morgan fingerprint density at radius 3 is 2.24 bits per heavy atom. The first-order valence-electron chi connectivity index (χ1n) is 12.9. The van der Waals surface area contributed by atoms with E-state index in [9.17, 15) is 10.2 Å². The molecule has 2 fully saturated rings. The Hall–Kier alpha value is -3.95. The van der Waals surface area contributed by atoms with E-state index in [1.54, 1.807) is 0 Å². The minimum absolute atomic E-state index is 0.0239. The normalized spacial score (nSPS) is 17.1. The fourth-order valence-electron chi connectivity index (χ4n) is 4.88. The van der Waals surface area contributed by atoms with Gasteiger partial charge in [0.05, 0.1) is 30.9 Å². The van der Waals surface area contributed by atoms with Crippen LogP contribution in [-0.2, 0) is 17.7 Å². The van der Waals surface area contributed by atoms with Gasteiger partial charge in [0, 0.05) is 62.7 Å². The number of nitrogens with zero attached hydrogens (tertiary/aromatic N) is 5. The summed E-state index contributed by atoms with van der Waals surface area (Å²) in [5, 5.41) is 29.2. The van der Waals surface area contributed by atoms with E-state index in [1.165, 1.54) is 11.9 Å². The molecule has 3 heterocycles. The molecule has 8 nitrogen and oxygen atoms in total. The highest BCUT2D eigenvalue weighted by atomic mass is 16.5. The monoisotopic (exact) mass is 509 g/mol. The van der Waals surface area contributed by atoms with Gasteiger partial charge in [-0.25, -0.2) is 4.98 Å². The maximum atomic E-state index is 10.2. The van der Waals surface area contributed by atoms with E-state index in [4.69, 9.17) is 10.00 Å². The summed E-state index contributed by atoms with van der Waals surface area (Å²) in [6.07, 6.45) is 1.70. The lowest BCUT2D eigenvalue weighted by atomic mass is 9.90. The van der Waals surface area contributed by atoms with Crippen LogP contribution in [0.25, 0.3) is 0 Å². The molecule has 5 rings (SSSR count). The fourth-order valence-corrected chi connectivity index (χ4v) is 4.88. The van der Waals surface area contributed by atoms with Crippen LogP contribution in [0, 0.1) is 29.1 Å². The molecular weight excluding hydrogens is 478 g/mol. The molecule has 0 aliphatic carbocycles. The fraction of sp³-hybridized carbons (Fsp3) is 0.367. The van der Waals surface area contributed by atoms with Crippen molar-refractivity contribution in [3.8, 4) is 29.5 Å². The second-order valence-corrected chi connectivity index (χ2v) is 9.90. The van der Waals surface area contributed by atoms with Crippen LogP contribution < -0.4 is 0 Å².